The van der Waals surface area contributed by atoms with Crippen LogP contribution in [0.3, 0.4) is 0 Å². The predicted octanol–water partition coefficient (Wildman–Crippen LogP) is -0.114. The Bertz CT molecular complexity index is 79.7. The van der Waals surface area contributed by atoms with Gasteiger partial charge in [-0.25, -0.2) is 0 Å². The standard InChI is InChI=1S/C6H18N2Si2/c1-7-9-3-5-10(8-2)6-4-9/h7-10H,3-6H2,1-2H3. The summed E-state index contributed by atoms with van der Waals surface area (Å²) in [6.07, 6.45) is 0. The topological polar surface area (TPSA) is 24.1 Å². The van der Waals surface area contributed by atoms with Gasteiger partial charge in [-0.3, -0.25) is 0 Å². The summed E-state index contributed by atoms with van der Waals surface area (Å²) in [4.78, 5) is 6.96. The molecule has 1 aliphatic heterocycles. The molecule has 0 radical (unpaired) electrons. The molecule has 1 fully saturated rings. The summed E-state index contributed by atoms with van der Waals surface area (Å²) in [5.74, 6) is 0. The smallest absolute Gasteiger partial charge is 0.108 e. The van der Waals surface area contributed by atoms with Crippen molar-refractivity contribution in [2.24, 2.45) is 0 Å². The molecule has 0 unspecified atom stereocenters. The van der Waals surface area contributed by atoms with Crippen LogP contribution in [-0.4, -0.2) is 32.0 Å². The molecule has 0 amide bonds. The second-order valence-electron chi connectivity index (χ2n) is 3.13. The molecule has 2 N–H and O–H groups in total. The highest BCUT2D eigenvalue weighted by molar-refractivity contribution is 6.67. The van der Waals surface area contributed by atoms with Crippen LogP contribution in [0.25, 0.3) is 0 Å². The maximum absolute atomic E-state index is 3.48. The summed E-state index contributed by atoms with van der Waals surface area (Å²) in [6, 6.07) is 6.14. The van der Waals surface area contributed by atoms with Gasteiger partial charge < -0.3 is 9.96 Å². The van der Waals surface area contributed by atoms with E-state index in [0.29, 0.717) is 0 Å². The highest BCUT2D eigenvalue weighted by Gasteiger charge is 2.20. The molecular weight excluding hydrogens is 156 g/mol. The van der Waals surface area contributed by atoms with Crippen molar-refractivity contribution in [1.82, 2.24) is 9.96 Å². The monoisotopic (exact) mass is 174 g/mol. The van der Waals surface area contributed by atoms with E-state index in [9.17, 15) is 0 Å². The third-order valence-corrected chi connectivity index (χ3v) is 9.63. The van der Waals surface area contributed by atoms with E-state index in [1.54, 1.807) is 0 Å². The van der Waals surface area contributed by atoms with Crippen molar-refractivity contribution < 1.29 is 0 Å². The predicted molar refractivity (Wildman–Crippen MR) is 51.6 cm³/mol. The number of hydrogen-bond acceptors (Lipinski definition) is 2. The largest absolute Gasteiger partial charge is 0.342 e. The van der Waals surface area contributed by atoms with Gasteiger partial charge in [0, 0.05) is 0 Å². The summed E-state index contributed by atoms with van der Waals surface area (Å²) < 4.78 is 0. The molecule has 1 rings (SSSR count). The Balaban J connectivity index is 2.17. The summed E-state index contributed by atoms with van der Waals surface area (Å²) in [6.45, 7) is 0. The minimum atomic E-state index is -0.413. The highest BCUT2D eigenvalue weighted by Crippen LogP contribution is 2.16. The molecule has 1 aliphatic rings. The van der Waals surface area contributed by atoms with Crippen molar-refractivity contribution in [3.8, 4) is 0 Å². The lowest BCUT2D eigenvalue weighted by atomic mass is 10.9. The van der Waals surface area contributed by atoms with Crippen molar-refractivity contribution in [3.63, 3.8) is 0 Å². The van der Waals surface area contributed by atoms with Gasteiger partial charge in [0.05, 0.1) is 0 Å². The van der Waals surface area contributed by atoms with Crippen molar-refractivity contribution >= 4 is 17.9 Å². The molecule has 60 valence electrons. The lowest BCUT2D eigenvalue weighted by molar-refractivity contribution is 1.02. The van der Waals surface area contributed by atoms with E-state index in [1.165, 1.54) is 24.2 Å². The zero-order valence-corrected chi connectivity index (χ0v) is 9.29. The van der Waals surface area contributed by atoms with Crippen LogP contribution in [0.5, 0.6) is 0 Å². The Morgan fingerprint density at radius 1 is 0.800 bits per heavy atom. The van der Waals surface area contributed by atoms with E-state index < -0.39 is 17.9 Å². The van der Waals surface area contributed by atoms with Gasteiger partial charge in [-0.2, -0.15) is 0 Å². The molecule has 10 heavy (non-hydrogen) atoms. The normalized spacial score (nSPS) is 34.2. The van der Waals surface area contributed by atoms with Crippen LogP contribution < -0.4 is 9.96 Å². The van der Waals surface area contributed by atoms with Crippen molar-refractivity contribution in [3.05, 3.63) is 0 Å². The summed E-state index contributed by atoms with van der Waals surface area (Å²) >= 11 is 0. The van der Waals surface area contributed by atoms with E-state index in [2.05, 4.69) is 24.1 Å². The van der Waals surface area contributed by atoms with Crippen LogP contribution in [0, 0.1) is 0 Å². The molecule has 1 heterocycles. The van der Waals surface area contributed by atoms with Gasteiger partial charge in [0.25, 0.3) is 0 Å². The molecule has 2 nitrogen and oxygen atoms in total. The van der Waals surface area contributed by atoms with Gasteiger partial charge in [-0.05, 0) is 38.3 Å². The Hall–Kier alpha value is 0.354. The average Bonchev–Trinajstić information content (AvgIpc) is 2.05. The van der Waals surface area contributed by atoms with Crippen molar-refractivity contribution in [2.45, 2.75) is 24.2 Å². The van der Waals surface area contributed by atoms with E-state index in [-0.39, 0.29) is 0 Å². The molecule has 1 saturated heterocycles. The van der Waals surface area contributed by atoms with Gasteiger partial charge in [0.2, 0.25) is 0 Å². The fourth-order valence-electron chi connectivity index (χ4n) is 1.67. The van der Waals surface area contributed by atoms with Gasteiger partial charge in [0.15, 0.2) is 0 Å². The molecule has 0 aliphatic carbocycles. The minimum absolute atomic E-state index is 0.413. The maximum Gasteiger partial charge on any atom is 0.108 e. The molecule has 0 bridgehead atoms. The van der Waals surface area contributed by atoms with Gasteiger partial charge in [-0.1, -0.05) is 0 Å². The van der Waals surface area contributed by atoms with Gasteiger partial charge in [0.1, 0.15) is 17.9 Å². The van der Waals surface area contributed by atoms with Crippen LogP contribution in [0.2, 0.25) is 24.2 Å². The van der Waals surface area contributed by atoms with Crippen molar-refractivity contribution in [1.29, 1.82) is 0 Å². The summed E-state index contributed by atoms with van der Waals surface area (Å²) in [7, 11) is 3.45. The minimum Gasteiger partial charge on any atom is -0.342 e. The first kappa shape index (κ1) is 8.45. The molecule has 0 spiro atoms. The number of hydrogen-bond donors (Lipinski definition) is 2. The SMILES string of the molecule is CN[SiH]1CC[SiH](NC)CC1. The average molecular weight is 174 g/mol. The van der Waals surface area contributed by atoms with E-state index in [1.807, 2.05) is 0 Å². The number of rotatable bonds is 2. The van der Waals surface area contributed by atoms with Crippen LogP contribution >= 0.6 is 0 Å². The third kappa shape index (κ3) is 2.19. The maximum atomic E-state index is 3.48. The quantitative estimate of drug-likeness (QED) is 0.571. The third-order valence-electron chi connectivity index (χ3n) is 2.54. The molecule has 0 saturated carbocycles. The second-order valence-corrected chi connectivity index (χ2v) is 9.38. The Kier molecular flexibility index (Phi) is 3.61. The second kappa shape index (κ2) is 4.28. The first-order valence-electron chi connectivity index (χ1n) is 4.21. The van der Waals surface area contributed by atoms with Crippen LogP contribution in [-0.2, 0) is 0 Å². The summed E-state index contributed by atoms with van der Waals surface area (Å²) in [5.41, 5.74) is 0. The molecule has 4 heteroatoms. The fourth-order valence-corrected chi connectivity index (χ4v) is 9.84. The Morgan fingerprint density at radius 3 is 1.30 bits per heavy atom. The lowest BCUT2D eigenvalue weighted by Gasteiger charge is -2.25. The molecule has 0 atom stereocenters. The zero-order chi connectivity index (χ0) is 7.40. The lowest BCUT2D eigenvalue weighted by Crippen LogP contribution is -2.41. The summed E-state index contributed by atoms with van der Waals surface area (Å²) in [5, 5.41) is 0. The molecule has 0 aromatic heterocycles. The van der Waals surface area contributed by atoms with Gasteiger partial charge >= 0.3 is 0 Å². The van der Waals surface area contributed by atoms with Crippen molar-refractivity contribution in [2.75, 3.05) is 14.1 Å². The zero-order valence-electron chi connectivity index (χ0n) is 6.98. The fraction of sp³-hybridized carbons (Fsp3) is 1.00. The van der Waals surface area contributed by atoms with E-state index in [4.69, 9.17) is 0 Å². The first-order chi connectivity index (χ1) is 4.86. The first-order valence-corrected chi connectivity index (χ1v) is 8.63. The Morgan fingerprint density at radius 2 is 1.10 bits per heavy atom. The van der Waals surface area contributed by atoms with Crippen LogP contribution in [0.4, 0.5) is 0 Å². The molecule has 0 aromatic carbocycles. The van der Waals surface area contributed by atoms with E-state index >= 15 is 0 Å². The van der Waals surface area contributed by atoms with Gasteiger partial charge in [-0.15, -0.1) is 0 Å². The highest BCUT2D eigenvalue weighted by atomic mass is 28.3. The Labute approximate surface area is 66.8 Å². The van der Waals surface area contributed by atoms with Crippen LogP contribution in [0.15, 0.2) is 0 Å². The molecular formula is C6H18N2Si2. The molecule has 0 aromatic rings. The number of nitrogens with one attached hydrogen (secondary N) is 2. The van der Waals surface area contributed by atoms with E-state index in [0.717, 1.165) is 0 Å². The van der Waals surface area contributed by atoms with Crippen LogP contribution in [0.1, 0.15) is 0 Å².